The smallest absolute Gasteiger partial charge is 0.409 e. The second-order valence-electron chi connectivity index (χ2n) is 8.97. The molecular formula is C25H30N4O4. The number of piperazine rings is 1. The van der Waals surface area contributed by atoms with Crippen molar-refractivity contribution >= 4 is 33.8 Å². The molecule has 1 aliphatic heterocycles. The van der Waals surface area contributed by atoms with Crippen molar-refractivity contribution in [2.45, 2.75) is 38.6 Å². The van der Waals surface area contributed by atoms with Crippen LogP contribution in [0.4, 0.5) is 4.79 Å². The second-order valence-corrected chi connectivity index (χ2v) is 8.97. The van der Waals surface area contributed by atoms with Gasteiger partial charge in [-0.3, -0.25) is 9.59 Å². The number of rotatable bonds is 3. The molecule has 0 N–H and O–H groups in total. The monoisotopic (exact) mass is 450 g/mol. The lowest BCUT2D eigenvalue weighted by Crippen LogP contribution is -2.50. The number of fused-ring (bicyclic) bond motifs is 3. The fourth-order valence-electron chi connectivity index (χ4n) is 5.39. The van der Waals surface area contributed by atoms with Crippen molar-refractivity contribution in [1.82, 2.24) is 18.9 Å². The Kier molecular flexibility index (Phi) is 5.60. The summed E-state index contributed by atoms with van der Waals surface area (Å²) >= 11 is 0. The molecule has 0 unspecified atom stereocenters. The van der Waals surface area contributed by atoms with Crippen LogP contribution in [0.5, 0.6) is 0 Å². The van der Waals surface area contributed by atoms with Gasteiger partial charge in [0, 0.05) is 61.8 Å². The highest BCUT2D eigenvalue weighted by Crippen LogP contribution is 2.33. The first-order chi connectivity index (χ1) is 16.0. The SMILES string of the molecule is CCOC(=O)N1CCN(C(=O)c2cn(C3CCCC3)c(=O)c3c2c2ccccc2n3C)CC1. The van der Waals surface area contributed by atoms with E-state index in [4.69, 9.17) is 4.74 Å². The lowest BCUT2D eigenvalue weighted by atomic mass is 10.1. The Morgan fingerprint density at radius 2 is 1.70 bits per heavy atom. The maximum Gasteiger partial charge on any atom is 0.409 e. The van der Waals surface area contributed by atoms with Gasteiger partial charge in [0.2, 0.25) is 0 Å². The van der Waals surface area contributed by atoms with Gasteiger partial charge in [0.05, 0.1) is 12.2 Å². The number of benzene rings is 1. The summed E-state index contributed by atoms with van der Waals surface area (Å²) in [7, 11) is 1.90. The third kappa shape index (κ3) is 3.57. The predicted octanol–water partition coefficient (Wildman–Crippen LogP) is 3.52. The fraction of sp³-hybridized carbons (Fsp3) is 0.480. The van der Waals surface area contributed by atoms with Crippen LogP contribution in [0.3, 0.4) is 0 Å². The zero-order valence-corrected chi connectivity index (χ0v) is 19.2. The molecule has 2 aliphatic rings. The molecule has 3 heterocycles. The number of para-hydroxylation sites is 1. The van der Waals surface area contributed by atoms with Crippen LogP contribution in [0.1, 0.15) is 49.0 Å². The van der Waals surface area contributed by atoms with Crippen LogP contribution in [0.2, 0.25) is 0 Å². The van der Waals surface area contributed by atoms with Crippen molar-refractivity contribution in [3.05, 3.63) is 46.4 Å². The standard InChI is InChI=1S/C25H30N4O4/c1-3-33-25(32)28-14-12-27(13-15-28)23(30)19-16-29(17-8-4-5-9-17)24(31)22-21(19)18-10-6-7-11-20(18)26(22)2/h6-7,10-11,16-17H,3-5,8-9,12-15H2,1-2H3. The van der Waals surface area contributed by atoms with Crippen molar-refractivity contribution in [2.75, 3.05) is 32.8 Å². The van der Waals surface area contributed by atoms with Gasteiger partial charge in [-0.2, -0.15) is 0 Å². The minimum Gasteiger partial charge on any atom is -0.450 e. The highest BCUT2D eigenvalue weighted by atomic mass is 16.6. The Morgan fingerprint density at radius 1 is 1.03 bits per heavy atom. The van der Waals surface area contributed by atoms with Crippen LogP contribution in [0.15, 0.2) is 35.3 Å². The van der Waals surface area contributed by atoms with E-state index in [1.807, 2.05) is 35.9 Å². The van der Waals surface area contributed by atoms with Gasteiger partial charge >= 0.3 is 6.09 Å². The average Bonchev–Trinajstić information content (AvgIpc) is 3.47. The van der Waals surface area contributed by atoms with Gasteiger partial charge in [-0.1, -0.05) is 31.0 Å². The molecule has 1 aromatic carbocycles. The molecule has 0 radical (unpaired) electrons. The van der Waals surface area contributed by atoms with Gasteiger partial charge in [-0.25, -0.2) is 4.79 Å². The summed E-state index contributed by atoms with van der Waals surface area (Å²) in [5.41, 5.74) is 2.06. The Hall–Kier alpha value is -3.29. The second kappa shape index (κ2) is 8.57. The van der Waals surface area contributed by atoms with E-state index in [0.29, 0.717) is 43.9 Å². The van der Waals surface area contributed by atoms with Gasteiger partial charge in [-0.15, -0.1) is 0 Å². The van der Waals surface area contributed by atoms with Gasteiger partial charge in [-0.05, 0) is 25.8 Å². The molecule has 0 spiro atoms. The third-order valence-corrected chi connectivity index (χ3v) is 7.12. The molecule has 5 rings (SSSR count). The molecule has 1 aliphatic carbocycles. The highest BCUT2D eigenvalue weighted by molar-refractivity contribution is 6.17. The number of aryl methyl sites for hydroxylation is 1. The van der Waals surface area contributed by atoms with Crippen LogP contribution >= 0.6 is 0 Å². The maximum atomic E-state index is 13.8. The van der Waals surface area contributed by atoms with Gasteiger partial charge < -0.3 is 23.7 Å². The number of carbonyl (C=O) groups is 2. The third-order valence-electron chi connectivity index (χ3n) is 7.12. The summed E-state index contributed by atoms with van der Waals surface area (Å²) in [5, 5.41) is 1.64. The first-order valence-corrected chi connectivity index (χ1v) is 11.8. The molecule has 1 saturated carbocycles. The Bertz CT molecular complexity index is 1280. The van der Waals surface area contributed by atoms with E-state index < -0.39 is 0 Å². The summed E-state index contributed by atoms with van der Waals surface area (Å²) in [4.78, 5) is 42.9. The first kappa shape index (κ1) is 21.6. The Labute approximate surface area is 192 Å². The highest BCUT2D eigenvalue weighted by Gasteiger charge is 2.30. The predicted molar refractivity (Wildman–Crippen MR) is 127 cm³/mol. The molecule has 0 atom stereocenters. The molecule has 2 amide bonds. The van der Waals surface area contributed by atoms with Gasteiger partial charge in [0.1, 0.15) is 5.52 Å². The van der Waals surface area contributed by atoms with E-state index in [-0.39, 0.29) is 23.6 Å². The quantitative estimate of drug-likeness (QED) is 0.612. The number of pyridine rings is 1. The summed E-state index contributed by atoms with van der Waals surface area (Å²) in [5.74, 6) is -0.0911. The largest absolute Gasteiger partial charge is 0.450 e. The number of nitrogens with zero attached hydrogens (tertiary/aromatic N) is 4. The van der Waals surface area contributed by atoms with Crippen molar-refractivity contribution in [1.29, 1.82) is 0 Å². The van der Waals surface area contributed by atoms with Crippen LogP contribution in [-0.2, 0) is 11.8 Å². The topological polar surface area (TPSA) is 76.8 Å². The number of aromatic nitrogens is 2. The molecule has 0 bridgehead atoms. The summed E-state index contributed by atoms with van der Waals surface area (Å²) in [6.45, 7) is 3.86. The van der Waals surface area contributed by atoms with Crippen molar-refractivity contribution in [3.8, 4) is 0 Å². The number of ether oxygens (including phenoxy) is 1. The Balaban J connectivity index is 1.59. The zero-order chi connectivity index (χ0) is 23.1. The molecule has 3 aromatic rings. The molecule has 2 aromatic heterocycles. The number of amides is 2. The minimum absolute atomic E-state index is 0.0284. The van der Waals surface area contributed by atoms with Crippen LogP contribution in [0, 0.1) is 0 Å². The maximum absolute atomic E-state index is 13.8. The molecule has 174 valence electrons. The molecule has 2 fully saturated rings. The number of carbonyl (C=O) groups excluding carboxylic acids is 2. The summed E-state index contributed by atoms with van der Waals surface area (Å²) < 4.78 is 8.83. The molecule has 1 saturated heterocycles. The van der Waals surface area contributed by atoms with Crippen LogP contribution in [-0.4, -0.2) is 63.7 Å². The summed E-state index contributed by atoms with van der Waals surface area (Å²) in [6, 6.07) is 7.99. The Morgan fingerprint density at radius 3 is 2.39 bits per heavy atom. The summed E-state index contributed by atoms with van der Waals surface area (Å²) in [6.07, 6.45) is 5.58. The number of hydrogen-bond donors (Lipinski definition) is 0. The van der Waals surface area contributed by atoms with Gasteiger partial charge in [0.15, 0.2) is 0 Å². The molecule has 33 heavy (non-hydrogen) atoms. The lowest BCUT2D eigenvalue weighted by Gasteiger charge is -2.34. The van der Waals surface area contributed by atoms with Crippen LogP contribution < -0.4 is 5.56 Å². The van der Waals surface area contributed by atoms with E-state index in [1.54, 1.807) is 27.5 Å². The molecular weight excluding hydrogens is 420 g/mol. The van der Waals surface area contributed by atoms with E-state index in [0.717, 1.165) is 42.0 Å². The normalized spacial score (nSPS) is 17.3. The van der Waals surface area contributed by atoms with Crippen molar-refractivity contribution in [2.24, 2.45) is 7.05 Å². The van der Waals surface area contributed by atoms with Crippen LogP contribution in [0.25, 0.3) is 21.8 Å². The van der Waals surface area contributed by atoms with Crippen molar-refractivity contribution < 1.29 is 14.3 Å². The van der Waals surface area contributed by atoms with E-state index in [1.165, 1.54) is 0 Å². The lowest BCUT2D eigenvalue weighted by molar-refractivity contribution is 0.0571. The molecule has 8 heteroatoms. The van der Waals surface area contributed by atoms with E-state index >= 15 is 0 Å². The first-order valence-electron chi connectivity index (χ1n) is 11.8. The zero-order valence-electron chi connectivity index (χ0n) is 19.2. The van der Waals surface area contributed by atoms with E-state index in [9.17, 15) is 14.4 Å². The average molecular weight is 451 g/mol. The number of hydrogen-bond acceptors (Lipinski definition) is 4. The van der Waals surface area contributed by atoms with E-state index in [2.05, 4.69) is 0 Å². The minimum atomic E-state index is -0.337. The molecule has 8 nitrogen and oxygen atoms in total. The van der Waals surface area contributed by atoms with Crippen molar-refractivity contribution in [3.63, 3.8) is 0 Å². The fourth-order valence-corrected chi connectivity index (χ4v) is 5.39. The van der Waals surface area contributed by atoms with Gasteiger partial charge in [0.25, 0.3) is 11.5 Å².